The number of Topliss-reactive ketones (excluding diaryl/α,β-unsaturated/α-hetero) is 1. The minimum absolute atomic E-state index is 0.00130. The van der Waals surface area contributed by atoms with Gasteiger partial charge < -0.3 is 14.9 Å². The van der Waals surface area contributed by atoms with Crippen molar-refractivity contribution >= 4 is 23.1 Å². The Bertz CT molecular complexity index is 1230. The summed E-state index contributed by atoms with van der Waals surface area (Å²) in [6, 6.07) is 19.4. The smallest absolute Gasteiger partial charge is 0.300 e. The van der Waals surface area contributed by atoms with Crippen LogP contribution in [0.4, 0.5) is 5.69 Å². The molecule has 1 fully saturated rings. The summed E-state index contributed by atoms with van der Waals surface area (Å²) >= 11 is 0. The predicted molar refractivity (Wildman–Crippen MR) is 126 cm³/mol. The van der Waals surface area contributed by atoms with Gasteiger partial charge in [0.05, 0.1) is 17.7 Å². The topological polar surface area (TPSA) is 87.1 Å². The molecule has 0 aromatic heterocycles. The molecule has 0 radical (unpaired) electrons. The van der Waals surface area contributed by atoms with Gasteiger partial charge >= 0.3 is 0 Å². The largest absolute Gasteiger partial charge is 0.508 e. The summed E-state index contributed by atoms with van der Waals surface area (Å²) in [5, 5.41) is 20.9. The van der Waals surface area contributed by atoms with Gasteiger partial charge in [-0.2, -0.15) is 0 Å². The van der Waals surface area contributed by atoms with E-state index in [1.165, 1.54) is 17.0 Å². The quantitative estimate of drug-likeness (QED) is 0.325. The zero-order chi connectivity index (χ0) is 23.7. The van der Waals surface area contributed by atoms with E-state index in [2.05, 4.69) is 0 Å². The van der Waals surface area contributed by atoms with E-state index in [4.69, 9.17) is 4.74 Å². The number of phenolic OH excluding ortho intramolecular Hbond substituents is 1. The maximum absolute atomic E-state index is 13.2. The number of hydrogen-bond acceptors (Lipinski definition) is 5. The molecule has 1 heterocycles. The first kappa shape index (κ1) is 22.1. The van der Waals surface area contributed by atoms with Crippen molar-refractivity contribution in [1.29, 1.82) is 0 Å². The van der Waals surface area contributed by atoms with Crippen LogP contribution in [0.5, 0.6) is 11.5 Å². The molecule has 1 atom stereocenters. The lowest BCUT2D eigenvalue weighted by Crippen LogP contribution is -2.29. The van der Waals surface area contributed by atoms with Crippen LogP contribution in [-0.4, -0.2) is 28.0 Å². The van der Waals surface area contributed by atoms with E-state index in [1.807, 2.05) is 39.0 Å². The van der Waals surface area contributed by atoms with Gasteiger partial charge in [0.15, 0.2) is 0 Å². The highest BCUT2D eigenvalue weighted by Gasteiger charge is 2.47. The zero-order valence-electron chi connectivity index (χ0n) is 18.6. The number of carbonyl (C=O) groups is 2. The molecule has 0 spiro atoms. The number of hydrogen-bond donors (Lipinski definition) is 2. The Morgan fingerprint density at radius 3 is 2.24 bits per heavy atom. The summed E-state index contributed by atoms with van der Waals surface area (Å²) in [6.07, 6.45) is -0.00130. The third kappa shape index (κ3) is 4.32. The molecule has 1 amide bonds. The van der Waals surface area contributed by atoms with Crippen LogP contribution in [0.2, 0.25) is 0 Å². The Labute approximate surface area is 192 Å². The van der Waals surface area contributed by atoms with E-state index in [-0.39, 0.29) is 23.2 Å². The number of aliphatic hydroxyl groups is 1. The van der Waals surface area contributed by atoms with E-state index in [9.17, 15) is 19.8 Å². The van der Waals surface area contributed by atoms with Gasteiger partial charge in [-0.15, -0.1) is 0 Å². The molecule has 33 heavy (non-hydrogen) atoms. The Hall–Kier alpha value is -4.06. The number of benzene rings is 3. The molecule has 1 saturated heterocycles. The van der Waals surface area contributed by atoms with Crippen molar-refractivity contribution in [3.63, 3.8) is 0 Å². The third-order valence-corrected chi connectivity index (χ3v) is 5.43. The lowest BCUT2D eigenvalue weighted by atomic mass is 9.95. The second kappa shape index (κ2) is 8.82. The number of aromatic hydroxyl groups is 1. The van der Waals surface area contributed by atoms with Gasteiger partial charge in [-0.05, 0) is 80.4 Å². The van der Waals surface area contributed by atoms with Gasteiger partial charge in [-0.25, -0.2) is 0 Å². The average Bonchev–Trinajstić information content (AvgIpc) is 3.04. The number of anilines is 1. The first-order valence-electron chi connectivity index (χ1n) is 10.7. The highest BCUT2D eigenvalue weighted by Crippen LogP contribution is 2.42. The zero-order valence-corrected chi connectivity index (χ0v) is 18.6. The number of phenols is 1. The van der Waals surface area contributed by atoms with Crippen molar-refractivity contribution in [3.05, 3.63) is 95.1 Å². The Kier molecular flexibility index (Phi) is 5.92. The highest BCUT2D eigenvalue weighted by atomic mass is 16.5. The van der Waals surface area contributed by atoms with Crippen LogP contribution >= 0.6 is 0 Å². The molecule has 1 aliphatic rings. The molecule has 4 rings (SSSR count). The fourth-order valence-corrected chi connectivity index (χ4v) is 3.97. The van der Waals surface area contributed by atoms with E-state index >= 15 is 0 Å². The molecule has 1 aliphatic heterocycles. The van der Waals surface area contributed by atoms with E-state index in [0.29, 0.717) is 22.6 Å². The van der Waals surface area contributed by atoms with Crippen molar-refractivity contribution in [2.24, 2.45) is 0 Å². The van der Waals surface area contributed by atoms with Gasteiger partial charge in [-0.3, -0.25) is 14.5 Å². The van der Waals surface area contributed by atoms with Crippen LogP contribution < -0.4 is 9.64 Å². The number of aryl methyl sites for hydroxylation is 1. The van der Waals surface area contributed by atoms with Crippen LogP contribution in [0.15, 0.2) is 78.4 Å². The van der Waals surface area contributed by atoms with Gasteiger partial charge in [0, 0.05) is 11.3 Å². The Morgan fingerprint density at radius 1 is 0.970 bits per heavy atom. The maximum Gasteiger partial charge on any atom is 0.300 e. The van der Waals surface area contributed by atoms with Crippen LogP contribution in [0.3, 0.4) is 0 Å². The minimum atomic E-state index is -0.848. The number of aliphatic hydroxyl groups excluding tert-OH is 1. The molecule has 3 aromatic carbocycles. The maximum atomic E-state index is 13.2. The molecular weight excluding hydrogens is 418 g/mol. The Morgan fingerprint density at radius 2 is 1.64 bits per heavy atom. The molecule has 0 aliphatic carbocycles. The lowest BCUT2D eigenvalue weighted by molar-refractivity contribution is -0.132. The lowest BCUT2D eigenvalue weighted by Gasteiger charge is -2.25. The molecule has 0 bridgehead atoms. The predicted octanol–water partition coefficient (Wildman–Crippen LogP) is 5.11. The van der Waals surface area contributed by atoms with Gasteiger partial charge in [0.25, 0.3) is 11.7 Å². The average molecular weight is 443 g/mol. The highest BCUT2D eigenvalue weighted by molar-refractivity contribution is 6.51. The standard InChI is InChI=1S/C27H25NO5/c1-16(2)33-22-13-9-19(10-14-22)25(30)23-24(18-7-11-21(29)12-8-18)28(27(32)26(23)31)20-6-4-5-17(3)15-20/h4-16,24,29-30H,1-3H3/b25-23+. The summed E-state index contributed by atoms with van der Waals surface area (Å²) in [5.74, 6) is -1.06. The normalized spacial score (nSPS) is 17.6. The number of ether oxygens (including phenoxy) is 1. The molecule has 6 nitrogen and oxygen atoms in total. The first-order chi connectivity index (χ1) is 15.8. The molecule has 0 saturated carbocycles. The van der Waals surface area contributed by atoms with Crippen molar-refractivity contribution in [2.45, 2.75) is 32.9 Å². The van der Waals surface area contributed by atoms with Gasteiger partial charge in [0.1, 0.15) is 17.3 Å². The monoisotopic (exact) mass is 443 g/mol. The first-order valence-corrected chi connectivity index (χ1v) is 10.7. The fraction of sp³-hybridized carbons (Fsp3) is 0.185. The van der Waals surface area contributed by atoms with Crippen LogP contribution in [-0.2, 0) is 9.59 Å². The van der Waals surface area contributed by atoms with Crippen molar-refractivity contribution in [1.82, 2.24) is 0 Å². The van der Waals surface area contributed by atoms with Crippen LogP contribution in [0.1, 0.15) is 36.6 Å². The van der Waals surface area contributed by atoms with Crippen molar-refractivity contribution in [3.8, 4) is 11.5 Å². The Balaban J connectivity index is 1.86. The molecule has 6 heteroatoms. The summed E-state index contributed by atoms with van der Waals surface area (Å²) in [4.78, 5) is 27.7. The van der Waals surface area contributed by atoms with Crippen molar-refractivity contribution < 1.29 is 24.5 Å². The number of ketones is 1. The third-order valence-electron chi connectivity index (χ3n) is 5.43. The van der Waals surface area contributed by atoms with Crippen LogP contribution in [0, 0.1) is 6.92 Å². The van der Waals surface area contributed by atoms with Crippen molar-refractivity contribution in [2.75, 3.05) is 4.90 Å². The summed E-state index contributed by atoms with van der Waals surface area (Å²) in [6.45, 7) is 5.73. The van der Waals surface area contributed by atoms with Gasteiger partial charge in [0.2, 0.25) is 0 Å². The summed E-state index contributed by atoms with van der Waals surface area (Å²) in [5.41, 5.74) is 2.46. The van der Waals surface area contributed by atoms with E-state index in [0.717, 1.165) is 5.56 Å². The van der Waals surface area contributed by atoms with E-state index in [1.54, 1.807) is 42.5 Å². The van der Waals surface area contributed by atoms with Crippen LogP contribution in [0.25, 0.3) is 5.76 Å². The van der Waals surface area contributed by atoms with Gasteiger partial charge in [-0.1, -0.05) is 24.3 Å². The molecular formula is C27H25NO5. The second-order valence-corrected chi connectivity index (χ2v) is 8.29. The fourth-order valence-electron chi connectivity index (χ4n) is 3.97. The minimum Gasteiger partial charge on any atom is -0.508 e. The number of amides is 1. The number of carbonyl (C=O) groups excluding carboxylic acids is 2. The SMILES string of the molecule is Cc1cccc(N2C(=O)C(=O)/C(=C(/O)c3ccc(OC(C)C)cc3)C2c2ccc(O)cc2)c1. The summed E-state index contributed by atoms with van der Waals surface area (Å²) in [7, 11) is 0. The molecule has 168 valence electrons. The number of nitrogens with zero attached hydrogens (tertiary/aromatic N) is 1. The van der Waals surface area contributed by atoms with E-state index < -0.39 is 17.7 Å². The molecule has 2 N–H and O–H groups in total. The summed E-state index contributed by atoms with van der Waals surface area (Å²) < 4.78 is 5.65. The number of rotatable bonds is 5. The molecule has 3 aromatic rings. The molecule has 1 unspecified atom stereocenters. The second-order valence-electron chi connectivity index (χ2n) is 8.29.